The van der Waals surface area contributed by atoms with Crippen molar-refractivity contribution in [1.82, 2.24) is 14.9 Å². The quantitative estimate of drug-likeness (QED) is 0.911. The molecule has 2 aromatic rings. The number of carbonyl (C=O) groups is 1. The molecule has 25 heavy (non-hydrogen) atoms. The third-order valence-electron chi connectivity index (χ3n) is 5.63. The van der Waals surface area contributed by atoms with Gasteiger partial charge in [0, 0.05) is 19.0 Å². The zero-order chi connectivity index (χ0) is 17.3. The van der Waals surface area contributed by atoms with Gasteiger partial charge < -0.3 is 5.32 Å². The van der Waals surface area contributed by atoms with Crippen molar-refractivity contribution in [3.63, 3.8) is 0 Å². The van der Waals surface area contributed by atoms with E-state index < -0.39 is 0 Å². The van der Waals surface area contributed by atoms with E-state index in [4.69, 9.17) is 0 Å². The van der Waals surface area contributed by atoms with E-state index in [-0.39, 0.29) is 16.9 Å². The van der Waals surface area contributed by atoms with Crippen LogP contribution in [0.2, 0.25) is 0 Å². The SMILES string of the molecule is O=C(CC1(Cn2cnc3ccccc3c2=O)CCCCC1)NC1CC1. The van der Waals surface area contributed by atoms with Crippen LogP contribution in [0, 0.1) is 5.41 Å². The summed E-state index contributed by atoms with van der Waals surface area (Å²) < 4.78 is 1.72. The zero-order valence-electron chi connectivity index (χ0n) is 14.5. The number of aromatic nitrogens is 2. The number of nitrogens with zero attached hydrogens (tertiary/aromatic N) is 2. The van der Waals surface area contributed by atoms with Crippen LogP contribution in [0.15, 0.2) is 35.4 Å². The molecule has 2 aliphatic rings. The molecule has 0 unspecified atom stereocenters. The fourth-order valence-corrected chi connectivity index (χ4v) is 4.12. The maximum Gasteiger partial charge on any atom is 0.261 e. The molecule has 5 nitrogen and oxygen atoms in total. The predicted molar refractivity (Wildman–Crippen MR) is 97.3 cm³/mol. The lowest BCUT2D eigenvalue weighted by atomic mass is 9.71. The molecule has 1 aromatic carbocycles. The van der Waals surface area contributed by atoms with Gasteiger partial charge in [0.15, 0.2) is 0 Å². The highest BCUT2D eigenvalue weighted by Crippen LogP contribution is 2.41. The standard InChI is InChI=1S/C20H25N3O2/c24-18(22-15-8-9-15)12-20(10-4-1-5-11-20)13-23-14-21-17-7-3-2-6-16(17)19(23)25/h2-3,6-7,14-15H,1,4-5,8-13H2,(H,22,24). The highest BCUT2D eigenvalue weighted by Gasteiger charge is 2.36. The number of para-hydroxylation sites is 1. The van der Waals surface area contributed by atoms with Crippen LogP contribution in [-0.4, -0.2) is 21.5 Å². The first-order valence-electron chi connectivity index (χ1n) is 9.39. The number of nitrogens with one attached hydrogen (secondary N) is 1. The third kappa shape index (κ3) is 3.60. The molecule has 0 atom stereocenters. The summed E-state index contributed by atoms with van der Waals surface area (Å²) in [6.45, 7) is 0.585. The van der Waals surface area contributed by atoms with E-state index in [1.54, 1.807) is 10.9 Å². The summed E-state index contributed by atoms with van der Waals surface area (Å²) in [6, 6.07) is 7.84. The molecule has 1 aromatic heterocycles. The van der Waals surface area contributed by atoms with Gasteiger partial charge in [0.25, 0.3) is 5.56 Å². The number of hydrogen-bond donors (Lipinski definition) is 1. The summed E-state index contributed by atoms with van der Waals surface area (Å²) in [5, 5.41) is 3.77. The lowest BCUT2D eigenvalue weighted by Gasteiger charge is -2.37. The first kappa shape index (κ1) is 16.3. The van der Waals surface area contributed by atoms with Crippen molar-refractivity contribution in [2.75, 3.05) is 0 Å². The van der Waals surface area contributed by atoms with E-state index in [9.17, 15) is 9.59 Å². The van der Waals surface area contributed by atoms with Gasteiger partial charge in [-0.05, 0) is 43.2 Å². The molecule has 0 saturated heterocycles. The molecule has 4 rings (SSSR count). The number of fused-ring (bicyclic) bond motifs is 1. The van der Waals surface area contributed by atoms with Gasteiger partial charge in [-0.1, -0.05) is 31.4 Å². The fraction of sp³-hybridized carbons (Fsp3) is 0.550. The Morgan fingerprint density at radius 3 is 2.72 bits per heavy atom. The van der Waals surface area contributed by atoms with E-state index in [1.807, 2.05) is 24.3 Å². The molecule has 0 bridgehead atoms. The Hall–Kier alpha value is -2.17. The van der Waals surface area contributed by atoms with Crippen LogP contribution in [0.3, 0.4) is 0 Å². The fourth-order valence-electron chi connectivity index (χ4n) is 4.12. The van der Waals surface area contributed by atoms with E-state index in [0.29, 0.717) is 24.4 Å². The van der Waals surface area contributed by atoms with Gasteiger partial charge in [-0.2, -0.15) is 0 Å². The van der Waals surface area contributed by atoms with Gasteiger partial charge >= 0.3 is 0 Å². The van der Waals surface area contributed by atoms with Crippen LogP contribution >= 0.6 is 0 Å². The summed E-state index contributed by atoms with van der Waals surface area (Å²) in [4.78, 5) is 29.7. The molecule has 0 spiro atoms. The molecule has 2 fully saturated rings. The average molecular weight is 339 g/mol. The van der Waals surface area contributed by atoms with Gasteiger partial charge in [-0.25, -0.2) is 4.98 Å². The highest BCUT2D eigenvalue weighted by molar-refractivity contribution is 5.78. The topological polar surface area (TPSA) is 64.0 Å². The van der Waals surface area contributed by atoms with Crippen molar-refractivity contribution in [3.05, 3.63) is 40.9 Å². The largest absolute Gasteiger partial charge is 0.353 e. The van der Waals surface area contributed by atoms with Crippen molar-refractivity contribution in [1.29, 1.82) is 0 Å². The number of rotatable bonds is 5. The second-order valence-electron chi connectivity index (χ2n) is 7.77. The summed E-state index contributed by atoms with van der Waals surface area (Å²) in [5.74, 6) is 0.145. The van der Waals surface area contributed by atoms with Crippen LogP contribution in [0.1, 0.15) is 51.4 Å². The molecule has 5 heteroatoms. The zero-order valence-corrected chi connectivity index (χ0v) is 14.5. The number of benzene rings is 1. The van der Waals surface area contributed by atoms with Gasteiger partial charge in [0.2, 0.25) is 5.91 Å². The second-order valence-corrected chi connectivity index (χ2v) is 7.77. The molecule has 1 heterocycles. The lowest BCUT2D eigenvalue weighted by molar-refractivity contribution is -0.124. The Labute approximate surface area is 147 Å². The minimum Gasteiger partial charge on any atom is -0.353 e. The van der Waals surface area contributed by atoms with E-state index >= 15 is 0 Å². The number of amides is 1. The monoisotopic (exact) mass is 339 g/mol. The van der Waals surface area contributed by atoms with Crippen LogP contribution < -0.4 is 10.9 Å². The van der Waals surface area contributed by atoms with Crippen molar-refractivity contribution >= 4 is 16.8 Å². The van der Waals surface area contributed by atoms with Crippen molar-refractivity contribution in [2.24, 2.45) is 5.41 Å². The molecule has 2 saturated carbocycles. The first-order valence-corrected chi connectivity index (χ1v) is 9.39. The van der Waals surface area contributed by atoms with Gasteiger partial charge in [-0.15, -0.1) is 0 Å². The highest BCUT2D eigenvalue weighted by atomic mass is 16.1. The smallest absolute Gasteiger partial charge is 0.261 e. The molecule has 2 aliphatic carbocycles. The van der Waals surface area contributed by atoms with Crippen LogP contribution in [-0.2, 0) is 11.3 Å². The molecule has 0 radical (unpaired) electrons. The summed E-state index contributed by atoms with van der Waals surface area (Å²) >= 11 is 0. The van der Waals surface area contributed by atoms with Gasteiger partial charge in [0.1, 0.15) is 0 Å². The van der Waals surface area contributed by atoms with Crippen LogP contribution in [0.4, 0.5) is 0 Å². The maximum absolute atomic E-state index is 12.8. The Kier molecular flexibility index (Phi) is 4.32. The summed E-state index contributed by atoms with van der Waals surface area (Å²) in [5.41, 5.74) is 0.608. The third-order valence-corrected chi connectivity index (χ3v) is 5.63. The molecule has 1 N–H and O–H groups in total. The molecule has 1 amide bonds. The summed E-state index contributed by atoms with van der Waals surface area (Å²) in [6.07, 6.45) is 9.87. The minimum absolute atomic E-state index is 0.00171. The Morgan fingerprint density at radius 1 is 1.20 bits per heavy atom. The molecule has 132 valence electrons. The second kappa shape index (κ2) is 6.62. The molecular formula is C20H25N3O2. The van der Waals surface area contributed by atoms with E-state index in [1.165, 1.54) is 6.42 Å². The van der Waals surface area contributed by atoms with Crippen LogP contribution in [0.25, 0.3) is 10.9 Å². The van der Waals surface area contributed by atoms with Gasteiger partial charge in [0.05, 0.1) is 17.2 Å². The first-order chi connectivity index (χ1) is 12.2. The van der Waals surface area contributed by atoms with E-state index in [2.05, 4.69) is 10.3 Å². The summed E-state index contributed by atoms with van der Waals surface area (Å²) in [7, 11) is 0. The predicted octanol–water partition coefficient (Wildman–Crippen LogP) is 3.02. The van der Waals surface area contributed by atoms with E-state index in [0.717, 1.165) is 44.0 Å². The van der Waals surface area contributed by atoms with Crippen LogP contribution in [0.5, 0.6) is 0 Å². The number of hydrogen-bond acceptors (Lipinski definition) is 3. The molecular weight excluding hydrogens is 314 g/mol. The van der Waals surface area contributed by atoms with Crippen molar-refractivity contribution in [2.45, 2.75) is 64.0 Å². The molecule has 0 aliphatic heterocycles. The lowest BCUT2D eigenvalue weighted by Crippen LogP contribution is -2.39. The Morgan fingerprint density at radius 2 is 1.96 bits per heavy atom. The average Bonchev–Trinajstić information content (AvgIpc) is 3.42. The number of carbonyl (C=O) groups excluding carboxylic acids is 1. The Balaban J connectivity index is 1.60. The minimum atomic E-state index is -0.120. The van der Waals surface area contributed by atoms with Crippen molar-refractivity contribution in [3.8, 4) is 0 Å². The van der Waals surface area contributed by atoms with Crippen molar-refractivity contribution < 1.29 is 4.79 Å². The Bertz CT molecular complexity index is 832. The van der Waals surface area contributed by atoms with Gasteiger partial charge in [-0.3, -0.25) is 14.2 Å². The maximum atomic E-state index is 12.8. The normalized spacial score (nSPS) is 19.7.